The lowest BCUT2D eigenvalue weighted by Gasteiger charge is -2.29. The number of unbranched alkanes of at least 4 members (excludes halogenated alkanes) is 15. The summed E-state index contributed by atoms with van der Waals surface area (Å²) in [6.07, 6.45) is 17.7. The van der Waals surface area contributed by atoms with Crippen LogP contribution in [0.4, 0.5) is 0 Å². The molecule has 0 radical (unpaired) electrons. The highest BCUT2D eigenvalue weighted by Crippen LogP contribution is 2.19. The lowest BCUT2D eigenvalue weighted by molar-refractivity contribution is -0.142. The summed E-state index contributed by atoms with van der Waals surface area (Å²) in [7, 11) is 0. The molecule has 1 aromatic heterocycles. The Morgan fingerprint density at radius 3 is 1.15 bits per heavy atom. The molecule has 1 heterocycles. The fourth-order valence-electron chi connectivity index (χ4n) is 14.5. The van der Waals surface area contributed by atoms with Crippen LogP contribution in [0.1, 0.15) is 252 Å². The maximum atomic E-state index is 14.8. The number of primary amides is 1. The number of nitrogens with one attached hydrogen (secondary N) is 18. The molecule has 14 atom stereocenters. The van der Waals surface area contributed by atoms with Gasteiger partial charge in [0.1, 0.15) is 84.3 Å². The first-order valence-electron chi connectivity index (χ1n) is 47.1. The summed E-state index contributed by atoms with van der Waals surface area (Å²) in [5.74, 6) is -16.4. The maximum Gasteiger partial charge on any atom is 0.305 e. The number of guanidine groups is 2. The number of carbonyl (C=O) groups excluding carboxylic acids is 14. The number of hydrogen-bond acceptors (Lipinski definition) is 25. The van der Waals surface area contributed by atoms with Crippen LogP contribution in [0.25, 0.3) is 0 Å². The van der Waals surface area contributed by atoms with E-state index in [1.54, 1.807) is 34.0 Å². The first-order valence-corrected chi connectivity index (χ1v) is 48.5. The number of aliphatic hydroxyl groups is 2. The monoisotopic (exact) mass is 1910 g/mol. The van der Waals surface area contributed by atoms with Crippen molar-refractivity contribution in [3.05, 3.63) is 48.0 Å². The van der Waals surface area contributed by atoms with Crippen LogP contribution in [-0.2, 0) is 84.8 Å². The van der Waals surface area contributed by atoms with Crippen LogP contribution in [0, 0.1) is 22.7 Å². The first-order chi connectivity index (χ1) is 63.8. The van der Waals surface area contributed by atoms with Gasteiger partial charge in [-0.2, -0.15) is 11.8 Å². The van der Waals surface area contributed by atoms with Crippen molar-refractivity contribution in [3.63, 3.8) is 0 Å². The molecule has 0 aliphatic carbocycles. The third kappa shape index (κ3) is 51.4. The van der Waals surface area contributed by atoms with Crippen LogP contribution in [0.3, 0.4) is 0 Å². The molecule has 0 saturated carbocycles. The number of H-pyrrole nitrogens is 1. The zero-order chi connectivity index (χ0) is 100. The zero-order valence-corrected chi connectivity index (χ0v) is 80.0. The Labute approximate surface area is 790 Å². The van der Waals surface area contributed by atoms with E-state index in [-0.39, 0.29) is 152 Å². The van der Waals surface area contributed by atoms with Gasteiger partial charge in [-0.05, 0) is 177 Å². The molecule has 0 bridgehead atoms. The highest BCUT2D eigenvalue weighted by atomic mass is 32.2. The van der Waals surface area contributed by atoms with Gasteiger partial charge in [0.15, 0.2) is 11.9 Å². The third-order valence-corrected chi connectivity index (χ3v) is 22.6. The second kappa shape index (κ2) is 68.9. The molecule has 134 heavy (non-hydrogen) atoms. The van der Waals surface area contributed by atoms with Crippen molar-refractivity contribution < 1.29 is 92.3 Å². The average Bonchev–Trinajstić information content (AvgIpc) is 0.943. The second-order valence-corrected chi connectivity index (χ2v) is 35.7. The number of nitrogens with zero attached hydrogens (tertiary/aromatic N) is 1. The maximum absolute atomic E-state index is 14.8. The topological polar surface area (TPSA) is 750 Å². The van der Waals surface area contributed by atoms with E-state index in [1.165, 1.54) is 99.9 Å². The van der Waals surface area contributed by atoms with Crippen LogP contribution in [-0.4, -0.2) is 267 Å². The van der Waals surface area contributed by atoms with E-state index in [1.807, 2.05) is 0 Å². The number of aromatic hydroxyl groups is 1. The number of nitrogens with two attached hydrogens (primary N) is 6. The van der Waals surface area contributed by atoms with E-state index >= 15 is 0 Å². The number of imidazole rings is 1. The summed E-state index contributed by atoms with van der Waals surface area (Å²) in [5, 5.41) is 96.4. The van der Waals surface area contributed by atoms with Gasteiger partial charge in [-0.3, -0.25) is 82.7 Å². The number of phenolic OH excluding ortho intramolecular Hbond substituents is 1. The molecule has 34 N–H and O–H groups in total. The summed E-state index contributed by atoms with van der Waals surface area (Å²) in [6, 6.07) is -14.8. The van der Waals surface area contributed by atoms with Crippen molar-refractivity contribution in [1.29, 1.82) is 10.8 Å². The van der Waals surface area contributed by atoms with Crippen molar-refractivity contribution >= 4 is 112 Å². The number of hydrogen-bond donors (Lipinski definition) is 28. The number of thioether (sulfide) groups is 1. The van der Waals surface area contributed by atoms with Crippen molar-refractivity contribution in [1.82, 2.24) is 89.7 Å². The third-order valence-electron chi connectivity index (χ3n) is 22.0. The van der Waals surface area contributed by atoms with Gasteiger partial charge in [-0.1, -0.05) is 124 Å². The molecular formula is C89H157N25O19S. The van der Waals surface area contributed by atoms with E-state index in [4.69, 9.17) is 45.2 Å². The fourth-order valence-corrected chi connectivity index (χ4v) is 15.0. The lowest BCUT2D eigenvalue weighted by atomic mass is 10.0. The van der Waals surface area contributed by atoms with E-state index in [2.05, 4.69) is 96.6 Å². The normalized spacial score (nSPS) is 14.4. The van der Waals surface area contributed by atoms with E-state index in [0.717, 1.165) is 32.6 Å². The molecule has 0 aliphatic heterocycles. The van der Waals surface area contributed by atoms with E-state index in [0.29, 0.717) is 49.9 Å². The average molecular weight is 1910 g/mol. The minimum Gasteiger partial charge on any atom is -0.508 e. The number of carboxylic acid groups (broad SMARTS) is 1. The second-order valence-electron chi connectivity index (χ2n) is 34.7. The molecule has 45 heteroatoms. The summed E-state index contributed by atoms with van der Waals surface area (Å²) < 4.78 is 0. The molecule has 0 fully saturated rings. The number of amides is 14. The standard InChI is InChI=1S/C89H157N25O19S/c1-8-9-10-11-12-13-14-15-16-17-18-19-20-34-72(118)102-60(29-21-24-40-90)76(122)103-61(30-22-25-41-91)77(123)109-67(46-54(2)3)82(128)105-64(33-28-44-100-89(96)97)80(126)113-71(52-115)86(132)107-65(39-45-134-7)81(127)114-74(56(6)116)87(133)112-70(50-73(119)120)85(131)104-62(31-23-26-42-92)78(124)111-69(48-57-35-37-59(117)38-36-57)84(130)106-63(32-27-43-99-88(94)95)79(125)110-68(47-55(4)5)83(129)108-66(75(93)121)49-58-51-98-53-101-58/h35-38,51,53-56,60-71,74,115-117H,8-34,39-50,52,90-92H2,1-7H3,(H2,93,121)(H,98,101)(H,102,118)(H,103,122)(H,104,131)(H,105,128)(H,106,130)(H,107,132)(H,108,129)(H,109,123)(H,110,125)(H,111,124)(H,112,133)(H,113,126)(H,114,127)(H,119,120)(H4,94,95,99)(H4,96,97,100)/t56-,60+,61-,62+,63+,64+,65+,66+,67+,68+,69+,70+,71+,74+/m1/s1. The smallest absolute Gasteiger partial charge is 0.305 e. The number of carbonyl (C=O) groups is 15. The zero-order valence-electron chi connectivity index (χ0n) is 79.2. The Hall–Kier alpha value is -11.0. The summed E-state index contributed by atoms with van der Waals surface area (Å²) in [5.41, 5.74) is 35.0. The number of aliphatic hydroxyl groups excluding tert-OH is 2. The number of benzene rings is 1. The van der Waals surface area contributed by atoms with E-state index < -0.39 is 192 Å². The van der Waals surface area contributed by atoms with Gasteiger partial charge < -0.3 is 140 Å². The van der Waals surface area contributed by atoms with Crippen LogP contribution < -0.4 is 114 Å². The van der Waals surface area contributed by atoms with Crippen LogP contribution in [0.5, 0.6) is 5.75 Å². The van der Waals surface area contributed by atoms with Crippen LogP contribution in [0.15, 0.2) is 36.8 Å². The van der Waals surface area contributed by atoms with Gasteiger partial charge in [0.25, 0.3) is 0 Å². The van der Waals surface area contributed by atoms with Crippen molar-refractivity contribution in [2.24, 2.45) is 46.2 Å². The minimum absolute atomic E-state index is 0.00220. The number of aromatic nitrogens is 2. The number of phenols is 1. The quantitative estimate of drug-likeness (QED) is 0.0210. The Balaban J connectivity index is 2.51. The number of aromatic amines is 1. The molecule has 2 rings (SSSR count). The molecule has 1 aromatic carbocycles. The largest absolute Gasteiger partial charge is 0.508 e. The lowest BCUT2D eigenvalue weighted by Crippen LogP contribution is -2.62. The molecule has 0 saturated heterocycles. The fraction of sp³-hybridized carbons (Fsp3) is 0.708. The van der Waals surface area contributed by atoms with Crippen LogP contribution >= 0.6 is 11.8 Å². The number of carboxylic acids is 1. The molecule has 0 aliphatic rings. The Morgan fingerprint density at radius 2 is 0.769 bits per heavy atom. The van der Waals surface area contributed by atoms with Crippen LogP contribution in [0.2, 0.25) is 0 Å². The number of aliphatic carboxylic acids is 1. The molecule has 14 amide bonds. The minimum atomic E-state index is -2.10. The highest BCUT2D eigenvalue weighted by Gasteiger charge is 2.40. The first kappa shape index (κ1) is 119. The summed E-state index contributed by atoms with van der Waals surface area (Å²) in [4.78, 5) is 219. The molecule has 2 aromatic rings. The van der Waals surface area contributed by atoms with Crippen molar-refractivity contribution in [3.8, 4) is 5.75 Å². The van der Waals surface area contributed by atoms with Crippen molar-refractivity contribution in [2.75, 3.05) is 51.3 Å². The Bertz CT molecular complexity index is 3910. The van der Waals surface area contributed by atoms with Gasteiger partial charge in [0.2, 0.25) is 82.7 Å². The molecule has 0 spiro atoms. The predicted molar refractivity (Wildman–Crippen MR) is 509 cm³/mol. The SMILES string of the molecule is CCCCCCCCCCCCCCCC(=O)N[C@@H](CCCCN)C(=O)N[C@H](CCCCN)C(=O)N[C@@H](CC(C)C)C(=O)N[C@@H](CCCNC(=N)N)C(=O)N[C@@H](CO)C(=O)N[C@@H](CCSC)C(=O)N[C@H](C(=O)N[C@@H](CC(=O)O)C(=O)N[C@@H](CCCCN)C(=O)N[C@@H](Cc1ccc(O)cc1)C(=O)N[C@@H](CCCNC(=N)N)C(=O)N[C@@H](CC(C)C)C(=O)N[C@@H](Cc1c[nH]cn1)C(N)=O)[C@@H](C)O. The Kier molecular flexibility index (Phi) is 61.2. The van der Waals surface area contributed by atoms with Gasteiger partial charge in [0, 0.05) is 38.5 Å². The van der Waals surface area contributed by atoms with Gasteiger partial charge in [-0.25, -0.2) is 4.98 Å². The molecular weight excluding hydrogens is 1760 g/mol. The molecule has 0 unspecified atom stereocenters. The van der Waals surface area contributed by atoms with Crippen molar-refractivity contribution in [2.45, 2.75) is 338 Å². The molecule has 758 valence electrons. The van der Waals surface area contributed by atoms with Gasteiger partial charge in [0.05, 0.1) is 31.2 Å². The van der Waals surface area contributed by atoms with Gasteiger partial charge in [-0.15, -0.1) is 0 Å². The highest BCUT2D eigenvalue weighted by molar-refractivity contribution is 7.98. The van der Waals surface area contributed by atoms with E-state index in [9.17, 15) is 92.3 Å². The predicted octanol–water partition coefficient (Wildman–Crippen LogP) is -1.22. The van der Waals surface area contributed by atoms with Gasteiger partial charge >= 0.3 is 5.97 Å². The Morgan fingerprint density at radius 1 is 0.418 bits per heavy atom. The number of rotatable bonds is 75. The summed E-state index contributed by atoms with van der Waals surface area (Å²) in [6.45, 7) is 9.93. The molecule has 44 nitrogen and oxygen atoms in total. The summed E-state index contributed by atoms with van der Waals surface area (Å²) >= 11 is 1.21.